The van der Waals surface area contributed by atoms with Gasteiger partial charge in [0.1, 0.15) is 0 Å². The van der Waals surface area contributed by atoms with E-state index >= 15 is 0 Å². The van der Waals surface area contributed by atoms with Gasteiger partial charge in [0.15, 0.2) is 0 Å². The monoisotopic (exact) mass is 183 g/mol. The molecule has 0 saturated heterocycles. The Kier molecular flexibility index (Phi) is 3.18. The highest BCUT2D eigenvalue weighted by Gasteiger charge is 1.98. The van der Waals surface area contributed by atoms with Gasteiger partial charge in [-0.05, 0) is 42.9 Å². The summed E-state index contributed by atoms with van der Waals surface area (Å²) in [7, 11) is 0. The Morgan fingerprint density at radius 1 is 1.07 bits per heavy atom. The number of hydrogen-bond acceptors (Lipinski definition) is 0. The number of allylic oxidation sites excluding steroid dienone is 4. The Balaban J connectivity index is 1.76. The van der Waals surface area contributed by atoms with E-state index in [2.05, 4.69) is 48.6 Å². The van der Waals surface area contributed by atoms with Crippen LogP contribution in [0.4, 0.5) is 0 Å². The van der Waals surface area contributed by atoms with Crippen molar-refractivity contribution < 1.29 is 0 Å². The molecule has 0 saturated carbocycles. The third kappa shape index (κ3) is 2.59. The third-order valence-electron chi connectivity index (χ3n) is 2.52. The predicted molar refractivity (Wildman–Crippen MR) is 59.9 cm³/mol. The molecule has 71 valence electrons. The van der Waals surface area contributed by atoms with Gasteiger partial charge in [-0.25, -0.2) is 0 Å². The lowest BCUT2D eigenvalue weighted by atomic mass is 10.1. The molecule has 1 aliphatic rings. The highest BCUT2D eigenvalue weighted by molar-refractivity contribution is 5.22. The Bertz CT molecular complexity index is 330. The summed E-state index contributed by atoms with van der Waals surface area (Å²) in [5.74, 6) is 0. The molecule has 0 fully saturated rings. The zero-order valence-corrected chi connectivity index (χ0v) is 8.37. The molecule has 0 N–H and O–H groups in total. The van der Waals surface area contributed by atoms with Crippen molar-refractivity contribution in [2.24, 2.45) is 0 Å². The molecule has 1 aromatic rings. The Labute approximate surface area is 86.0 Å². The summed E-state index contributed by atoms with van der Waals surface area (Å²) in [4.78, 5) is 0. The van der Waals surface area contributed by atoms with Crippen LogP contribution < -0.4 is 0 Å². The molecule has 1 aliphatic carbocycles. The fourth-order valence-electron chi connectivity index (χ4n) is 1.75. The number of rotatable bonds is 4. The van der Waals surface area contributed by atoms with Gasteiger partial charge in [-0.3, -0.25) is 0 Å². The molecule has 0 bridgehead atoms. The Morgan fingerprint density at radius 2 is 1.93 bits per heavy atom. The van der Waals surface area contributed by atoms with Gasteiger partial charge in [-0.2, -0.15) is 0 Å². The quantitative estimate of drug-likeness (QED) is 0.667. The van der Waals surface area contributed by atoms with Crippen molar-refractivity contribution in [3.8, 4) is 0 Å². The molecule has 1 aromatic carbocycles. The minimum absolute atomic E-state index is 1.01. The van der Waals surface area contributed by atoms with Gasteiger partial charge in [-0.1, -0.05) is 42.5 Å². The summed E-state index contributed by atoms with van der Waals surface area (Å²) in [5.41, 5.74) is 2.83. The van der Waals surface area contributed by atoms with Crippen molar-refractivity contribution in [3.63, 3.8) is 0 Å². The van der Waals surface area contributed by atoms with Crippen LogP contribution in [0.3, 0.4) is 0 Å². The van der Waals surface area contributed by atoms with Crippen molar-refractivity contribution in [1.29, 1.82) is 0 Å². The van der Waals surface area contributed by atoms with Crippen LogP contribution in [0.15, 0.2) is 48.1 Å². The molecule has 0 nitrogen and oxygen atoms in total. The molecular formula is C14H15. The van der Waals surface area contributed by atoms with Crippen molar-refractivity contribution in [2.75, 3.05) is 0 Å². The van der Waals surface area contributed by atoms with Gasteiger partial charge in [-0.15, -0.1) is 0 Å². The highest BCUT2D eigenvalue weighted by atomic mass is 14.0. The Hall–Kier alpha value is -1.30. The summed E-state index contributed by atoms with van der Waals surface area (Å²) in [5, 5.41) is 0. The summed E-state index contributed by atoms with van der Waals surface area (Å²) in [6, 6.07) is 10.7. The maximum Gasteiger partial charge on any atom is -0.00885 e. The fourth-order valence-corrected chi connectivity index (χ4v) is 1.75. The first-order chi connectivity index (χ1) is 6.95. The molecule has 1 radical (unpaired) electrons. The molecule has 14 heavy (non-hydrogen) atoms. The van der Waals surface area contributed by atoms with Crippen LogP contribution in [-0.2, 0) is 6.42 Å². The van der Waals surface area contributed by atoms with Crippen molar-refractivity contribution in [2.45, 2.75) is 25.7 Å². The zero-order valence-electron chi connectivity index (χ0n) is 8.37. The average molecular weight is 183 g/mol. The van der Waals surface area contributed by atoms with E-state index in [0.29, 0.717) is 0 Å². The molecule has 0 heteroatoms. The molecule has 0 spiro atoms. The zero-order chi connectivity index (χ0) is 9.64. The van der Waals surface area contributed by atoms with Gasteiger partial charge in [0.2, 0.25) is 0 Å². The lowest BCUT2D eigenvalue weighted by Crippen LogP contribution is -1.85. The molecule has 0 unspecified atom stereocenters. The summed E-state index contributed by atoms with van der Waals surface area (Å²) < 4.78 is 0. The van der Waals surface area contributed by atoms with Gasteiger partial charge in [0.25, 0.3) is 0 Å². The minimum Gasteiger partial charge on any atom is -0.0798 e. The Morgan fingerprint density at radius 3 is 2.64 bits per heavy atom. The number of benzene rings is 1. The molecule has 0 aliphatic heterocycles. The molecular weight excluding hydrogens is 168 g/mol. The summed E-state index contributed by atoms with van der Waals surface area (Å²) in [6.45, 7) is 0. The lowest BCUT2D eigenvalue weighted by Gasteiger charge is -2.00. The maximum absolute atomic E-state index is 3.35. The highest BCUT2D eigenvalue weighted by Crippen LogP contribution is 2.15. The minimum atomic E-state index is 1.01. The third-order valence-corrected chi connectivity index (χ3v) is 2.52. The van der Waals surface area contributed by atoms with Crippen LogP contribution >= 0.6 is 0 Å². The van der Waals surface area contributed by atoms with E-state index in [1.54, 1.807) is 0 Å². The standard InChI is InChI=1S/C14H15/c1-2-7-13(8-3-1)11-6-12-14-9-4-5-10-14/h1-4,7-9H,5-6,11-12H2. The molecule has 0 atom stereocenters. The summed E-state index contributed by atoms with van der Waals surface area (Å²) in [6.07, 6.45) is 12.3. The van der Waals surface area contributed by atoms with Crippen molar-refractivity contribution in [1.82, 2.24) is 0 Å². The van der Waals surface area contributed by atoms with Crippen LogP contribution in [0.5, 0.6) is 0 Å². The van der Waals surface area contributed by atoms with E-state index in [9.17, 15) is 0 Å². The molecule has 2 rings (SSSR count). The van der Waals surface area contributed by atoms with Crippen LogP contribution in [-0.4, -0.2) is 0 Å². The first-order valence-corrected chi connectivity index (χ1v) is 5.25. The van der Waals surface area contributed by atoms with E-state index in [4.69, 9.17) is 0 Å². The van der Waals surface area contributed by atoms with Crippen molar-refractivity contribution >= 4 is 0 Å². The van der Waals surface area contributed by atoms with E-state index in [1.807, 2.05) is 0 Å². The fraction of sp³-hybridized carbons (Fsp3) is 0.286. The van der Waals surface area contributed by atoms with Crippen LogP contribution in [0, 0.1) is 6.08 Å². The number of aryl methyl sites for hydroxylation is 1. The second kappa shape index (κ2) is 4.80. The first kappa shape index (κ1) is 9.26. The normalized spacial score (nSPS) is 14.4. The van der Waals surface area contributed by atoms with Crippen LogP contribution in [0.2, 0.25) is 0 Å². The van der Waals surface area contributed by atoms with Crippen LogP contribution in [0.25, 0.3) is 0 Å². The van der Waals surface area contributed by atoms with Crippen molar-refractivity contribution in [3.05, 3.63) is 59.7 Å². The maximum atomic E-state index is 3.35. The van der Waals surface area contributed by atoms with E-state index < -0.39 is 0 Å². The predicted octanol–water partition coefficient (Wildman–Crippen LogP) is 3.70. The number of hydrogen-bond donors (Lipinski definition) is 0. The van der Waals surface area contributed by atoms with Crippen LogP contribution in [0.1, 0.15) is 24.8 Å². The largest absolute Gasteiger partial charge is 0.0798 e. The molecule has 0 aromatic heterocycles. The van der Waals surface area contributed by atoms with Gasteiger partial charge in [0, 0.05) is 0 Å². The average Bonchev–Trinajstić information content (AvgIpc) is 2.72. The lowest BCUT2D eigenvalue weighted by molar-refractivity contribution is 0.822. The second-order valence-corrected chi connectivity index (χ2v) is 3.65. The SMILES string of the molecule is [C]1=C(CCCc2ccccc2)C=CC1. The topological polar surface area (TPSA) is 0 Å². The second-order valence-electron chi connectivity index (χ2n) is 3.65. The summed E-state index contributed by atoms with van der Waals surface area (Å²) >= 11 is 0. The van der Waals surface area contributed by atoms with E-state index in [1.165, 1.54) is 30.4 Å². The smallest absolute Gasteiger partial charge is 0.00885 e. The first-order valence-electron chi connectivity index (χ1n) is 5.25. The van der Waals surface area contributed by atoms with Gasteiger partial charge in [0.05, 0.1) is 0 Å². The van der Waals surface area contributed by atoms with E-state index in [0.717, 1.165) is 6.42 Å². The van der Waals surface area contributed by atoms with E-state index in [-0.39, 0.29) is 0 Å². The van der Waals surface area contributed by atoms with Gasteiger partial charge >= 0.3 is 0 Å². The van der Waals surface area contributed by atoms with Gasteiger partial charge < -0.3 is 0 Å². The molecule has 0 amide bonds. The molecule has 0 heterocycles.